The maximum atomic E-state index is 12.2. The fourth-order valence-corrected chi connectivity index (χ4v) is 8.89. The normalized spacial score (nSPS) is 12.4. The van der Waals surface area contributed by atoms with Crippen LogP contribution in [0.1, 0.15) is 315 Å². The van der Waals surface area contributed by atoms with Gasteiger partial charge in [0, 0.05) is 18.6 Å². The first-order chi connectivity index (χ1) is 39.7. The summed E-state index contributed by atoms with van der Waals surface area (Å²) in [7, 11) is 0. The maximum absolute atomic E-state index is 12.2. The van der Waals surface area contributed by atoms with E-state index in [0.717, 1.165) is 27.8 Å². The molecule has 0 heterocycles. The summed E-state index contributed by atoms with van der Waals surface area (Å²) < 4.78 is 0. The minimum absolute atomic E-state index is 0. The largest absolute Gasteiger partial charge is 0.872 e. The number of aromatic carboxylic acids is 5. The monoisotopic (exact) mass is 1300 g/mol. The van der Waals surface area contributed by atoms with Crippen LogP contribution >= 0.6 is 0 Å². The van der Waals surface area contributed by atoms with Gasteiger partial charge in [-0.3, -0.25) is 0 Å². The van der Waals surface area contributed by atoms with Crippen LogP contribution in [0.5, 0.6) is 28.7 Å². The number of carboxylic acids is 5. The third-order valence-electron chi connectivity index (χ3n) is 15.0. The molecule has 0 spiro atoms. The first-order valence-electron chi connectivity index (χ1n) is 30.2. The van der Waals surface area contributed by atoms with Crippen LogP contribution in [0.25, 0.3) is 0 Å². The second-order valence-electron chi connectivity index (χ2n) is 33.5. The van der Waals surface area contributed by atoms with Gasteiger partial charge >= 0.3 is 29.8 Å². The van der Waals surface area contributed by atoms with Crippen molar-refractivity contribution in [2.45, 2.75) is 262 Å². The van der Waals surface area contributed by atoms with E-state index in [-0.39, 0.29) is 129 Å². The molecule has 0 aliphatic carbocycles. The van der Waals surface area contributed by atoms with Gasteiger partial charge in [-0.1, -0.05) is 267 Å². The molecule has 0 atom stereocenters. The van der Waals surface area contributed by atoms with Gasteiger partial charge in [0.05, 0.1) is 27.8 Å². The van der Waals surface area contributed by atoms with E-state index in [1.165, 1.54) is 30.3 Å². The van der Waals surface area contributed by atoms with Crippen molar-refractivity contribution in [3.63, 3.8) is 0 Å². The molecule has 5 aromatic rings. The summed E-state index contributed by atoms with van der Waals surface area (Å²) in [6, 6.07) is 16.7. The molecule has 0 bridgehead atoms. The summed E-state index contributed by atoms with van der Waals surface area (Å²) >= 11 is 0. The van der Waals surface area contributed by atoms with Crippen molar-refractivity contribution in [3.8, 4) is 28.7 Å². The summed E-state index contributed by atoms with van der Waals surface area (Å²) in [5, 5.41) is 107. The number of rotatable bonds is 5. The van der Waals surface area contributed by atoms with E-state index < -0.39 is 29.8 Å². The van der Waals surface area contributed by atoms with Gasteiger partial charge in [-0.25, -0.2) is 24.0 Å². The maximum Gasteiger partial charge on any atom is 0.335 e. The van der Waals surface area contributed by atoms with Gasteiger partial charge in [-0.2, -0.15) is 0 Å². The van der Waals surface area contributed by atoms with Gasteiger partial charge in [-0.05, 0) is 140 Å². The number of benzene rings is 5. The van der Waals surface area contributed by atoms with Gasteiger partial charge in [0.1, 0.15) is 0 Å². The van der Waals surface area contributed by atoms with Crippen molar-refractivity contribution < 1.29 is 93.6 Å². The van der Waals surface area contributed by atoms with Crippen LogP contribution in [0.4, 0.5) is 0 Å². The predicted molar refractivity (Wildman–Crippen MR) is 351 cm³/mol. The zero-order valence-corrected chi connectivity index (χ0v) is 61.4. The van der Waals surface area contributed by atoms with E-state index in [9.17, 15) is 49.5 Å². The molecule has 0 unspecified atom stereocenters. The quantitative estimate of drug-likeness (QED) is 0.109. The van der Waals surface area contributed by atoms with Crippen molar-refractivity contribution in [2.75, 3.05) is 0 Å². The Labute approximate surface area is 555 Å². The molecule has 91 heavy (non-hydrogen) atoms. The van der Waals surface area contributed by atoms with Gasteiger partial charge in [0.2, 0.25) is 0 Å². The van der Waals surface area contributed by atoms with Crippen LogP contribution in [0.3, 0.4) is 0 Å². The molecule has 16 heteroatoms. The van der Waals surface area contributed by atoms with E-state index in [0.29, 0.717) is 27.8 Å². The Kier molecular flexibility index (Phi) is 27.1. The summed E-state index contributed by atoms with van der Waals surface area (Å²) in [5.74, 6) is -7.64. The SMILES string of the molecule is CC(C)(C)c1cc(C(=O)O)c([O-])c(C(C)(C)C)c1.CC(C)(C)c1cc(C(=O)O)c([O-])c(C(C)(C)C)c1.CC(C)(C)c1cc(C(=O)O)c([O-])c(C(C)(C)C)c1.CC(C)(C)c1cc(C(=O)O)c([O-])c(C(C)(C)C)c1.CC(C)(C)c1cc(C(=O)O)c([O-])c(C(C)(C)C)c1.[V]. The van der Waals surface area contributed by atoms with Crippen LogP contribution in [-0.4, -0.2) is 55.4 Å². The summed E-state index contributed by atoms with van der Waals surface area (Å²) in [5.41, 5.74) is 3.84. The molecular weight excluding hydrogens is 1190 g/mol. The molecule has 1 radical (unpaired) electrons. The Hall–Kier alpha value is -6.97. The fraction of sp³-hybridized carbons (Fsp3) is 0.533. The zero-order chi connectivity index (χ0) is 71.5. The van der Waals surface area contributed by atoms with E-state index in [4.69, 9.17) is 25.5 Å². The first-order valence-corrected chi connectivity index (χ1v) is 30.2. The molecule has 5 aromatic carbocycles. The Morgan fingerprint density at radius 2 is 0.319 bits per heavy atom. The van der Waals surface area contributed by atoms with Crippen LogP contribution in [0, 0.1) is 0 Å². The number of hydrogen-bond donors (Lipinski definition) is 5. The standard InChI is InChI=1S/5C15H22O3.V/c5*1-14(2,3)9-7-10(13(17)18)12(16)11(8-9)15(4,5)6;/h5*7-8,16H,1-6H3,(H,17,18);/p-5. The average Bonchev–Trinajstić information content (AvgIpc) is 0.935. The molecule has 5 N–H and O–H groups in total. The predicted octanol–water partition coefficient (Wildman–Crippen LogP) is 15.3. The smallest absolute Gasteiger partial charge is 0.335 e. The number of hydrogen-bond acceptors (Lipinski definition) is 10. The molecule has 0 amide bonds. The fourth-order valence-electron chi connectivity index (χ4n) is 8.89. The molecule has 0 saturated carbocycles. The topological polar surface area (TPSA) is 302 Å². The van der Waals surface area contributed by atoms with Crippen molar-refractivity contribution in [1.82, 2.24) is 0 Å². The van der Waals surface area contributed by atoms with Crippen molar-refractivity contribution >= 4 is 29.8 Å². The van der Waals surface area contributed by atoms with Crippen LogP contribution < -0.4 is 25.5 Å². The Morgan fingerprint density at radius 3 is 0.385 bits per heavy atom. The average molecular weight is 1300 g/mol. The molecule has 5 rings (SSSR count). The number of carboxylic acid groups (broad SMARTS) is 5. The Balaban J connectivity index is 0.00000111. The Bertz CT molecular complexity index is 2910. The molecule has 15 nitrogen and oxygen atoms in total. The van der Waals surface area contributed by atoms with E-state index in [2.05, 4.69) is 0 Å². The molecule has 0 aliphatic rings. The van der Waals surface area contributed by atoms with Gasteiger partial charge in [-0.15, -0.1) is 0 Å². The van der Waals surface area contributed by atoms with Gasteiger partial charge in [0.15, 0.2) is 0 Å². The van der Waals surface area contributed by atoms with Gasteiger partial charge < -0.3 is 51.1 Å². The third kappa shape index (κ3) is 23.3. The third-order valence-corrected chi connectivity index (χ3v) is 15.0. The van der Waals surface area contributed by atoms with Crippen LogP contribution in [-0.2, 0) is 72.7 Å². The summed E-state index contributed by atoms with van der Waals surface area (Å²) in [6.45, 7) is 58.8. The van der Waals surface area contributed by atoms with Crippen molar-refractivity contribution in [3.05, 3.63) is 144 Å². The van der Waals surface area contributed by atoms with Crippen LogP contribution in [0.2, 0.25) is 0 Å². The summed E-state index contributed by atoms with van der Waals surface area (Å²) in [4.78, 5) is 55.9. The molecule has 505 valence electrons. The van der Waals surface area contributed by atoms with Crippen LogP contribution in [0.15, 0.2) is 60.7 Å². The minimum Gasteiger partial charge on any atom is -0.872 e. The molecule has 0 aromatic heterocycles. The molecule has 0 fully saturated rings. The second-order valence-corrected chi connectivity index (χ2v) is 33.5. The minimum atomic E-state index is -1.16. The summed E-state index contributed by atoms with van der Waals surface area (Å²) in [6.07, 6.45) is 0. The first kappa shape index (κ1) is 84.0. The van der Waals surface area contributed by atoms with E-state index in [1.54, 1.807) is 0 Å². The zero-order valence-electron chi connectivity index (χ0n) is 60.0. The van der Waals surface area contributed by atoms with E-state index in [1.807, 2.05) is 238 Å². The molecule has 0 aliphatic heterocycles. The van der Waals surface area contributed by atoms with Gasteiger partial charge in [0.25, 0.3) is 0 Å². The van der Waals surface area contributed by atoms with Crippen molar-refractivity contribution in [1.29, 1.82) is 0 Å². The molecular formula is C75H105O15V-5. The van der Waals surface area contributed by atoms with E-state index >= 15 is 0 Å². The molecule has 0 saturated heterocycles. The Morgan fingerprint density at radius 1 is 0.220 bits per heavy atom. The number of carbonyl (C=O) groups is 5. The second kappa shape index (κ2) is 29.3. The van der Waals surface area contributed by atoms with Crippen molar-refractivity contribution in [2.24, 2.45) is 0 Å².